The third-order valence-electron chi connectivity index (χ3n) is 1.62. The smallest absolute Gasteiger partial charge is 0.0428 e. The van der Waals surface area contributed by atoms with Crippen molar-refractivity contribution in [1.82, 2.24) is 5.32 Å². The molecule has 12 heavy (non-hydrogen) atoms. The minimum Gasteiger partial charge on any atom is -0.318 e. The van der Waals surface area contributed by atoms with Gasteiger partial charge in [-0.25, -0.2) is 0 Å². The highest BCUT2D eigenvalue weighted by atomic mass is 79.9. The summed E-state index contributed by atoms with van der Waals surface area (Å²) >= 11 is 3.43. The van der Waals surface area contributed by atoms with Crippen molar-refractivity contribution < 1.29 is 0 Å². The molecule has 0 atom stereocenters. The fourth-order valence-corrected chi connectivity index (χ4v) is 1.47. The van der Waals surface area contributed by atoms with E-state index >= 15 is 0 Å². The van der Waals surface area contributed by atoms with Gasteiger partial charge in [-0.05, 0) is 24.1 Å². The van der Waals surface area contributed by atoms with Crippen molar-refractivity contribution in [2.75, 3.05) is 13.2 Å². The molecule has 1 aromatic carbocycles. The molecule has 3 N–H and O–H groups in total. The van der Waals surface area contributed by atoms with Crippen LogP contribution in [-0.2, 0) is 6.42 Å². The number of halogens is 1. The van der Waals surface area contributed by atoms with Crippen LogP contribution in [0.5, 0.6) is 0 Å². The molecule has 0 spiro atoms. The van der Waals surface area contributed by atoms with Crippen LogP contribution >= 0.6 is 15.9 Å². The van der Waals surface area contributed by atoms with Gasteiger partial charge in [0, 0.05) is 17.7 Å². The summed E-state index contributed by atoms with van der Waals surface area (Å²) in [7, 11) is 0. The zero-order valence-electron chi connectivity index (χ0n) is 6.89. The van der Waals surface area contributed by atoms with Crippen molar-refractivity contribution in [2.24, 2.45) is 5.73 Å². The number of nitrogens with two attached hydrogens (primary N) is 1. The summed E-state index contributed by atoms with van der Waals surface area (Å²) in [6, 6.07) is 8.31. The van der Waals surface area contributed by atoms with Crippen LogP contribution < -0.4 is 11.1 Å². The maximum atomic E-state index is 5.30. The summed E-state index contributed by atoms with van der Waals surface area (Å²) in [5.41, 5.74) is 6.63. The topological polar surface area (TPSA) is 38.0 Å². The molecule has 0 aliphatic carbocycles. The van der Waals surface area contributed by atoms with Crippen molar-refractivity contribution in [2.45, 2.75) is 6.42 Å². The predicted molar refractivity (Wildman–Crippen MR) is 54.9 cm³/mol. The van der Waals surface area contributed by atoms with E-state index in [1.54, 1.807) is 0 Å². The molecular formula is C9H13BrN2. The van der Waals surface area contributed by atoms with Gasteiger partial charge in [-0.15, -0.1) is 0 Å². The molecule has 66 valence electrons. The Bertz CT molecular complexity index is 238. The largest absolute Gasteiger partial charge is 0.318 e. The lowest BCUT2D eigenvalue weighted by Crippen LogP contribution is -2.24. The van der Waals surface area contributed by atoms with Gasteiger partial charge < -0.3 is 11.1 Å². The predicted octanol–water partition coefficient (Wildman–Crippen LogP) is 1.50. The van der Waals surface area contributed by atoms with E-state index in [-0.39, 0.29) is 0 Å². The monoisotopic (exact) mass is 228 g/mol. The highest BCUT2D eigenvalue weighted by Gasteiger charge is 1.92. The van der Waals surface area contributed by atoms with Gasteiger partial charge >= 0.3 is 0 Å². The number of benzene rings is 1. The zero-order chi connectivity index (χ0) is 8.81. The molecule has 0 fully saturated rings. The van der Waals surface area contributed by atoms with E-state index in [0.717, 1.165) is 17.4 Å². The van der Waals surface area contributed by atoms with Gasteiger partial charge in [-0.3, -0.25) is 0 Å². The van der Waals surface area contributed by atoms with Gasteiger partial charge in [0.2, 0.25) is 0 Å². The molecule has 0 saturated carbocycles. The summed E-state index contributed by atoms with van der Waals surface area (Å²) in [4.78, 5) is 0. The highest BCUT2D eigenvalue weighted by molar-refractivity contribution is 9.10. The first-order chi connectivity index (χ1) is 5.83. The van der Waals surface area contributed by atoms with Gasteiger partial charge in [0.25, 0.3) is 0 Å². The number of rotatable bonds is 4. The minimum absolute atomic E-state index is 0.550. The van der Waals surface area contributed by atoms with E-state index in [0.29, 0.717) is 6.67 Å². The second kappa shape index (κ2) is 5.30. The van der Waals surface area contributed by atoms with Crippen LogP contribution in [0.15, 0.2) is 28.7 Å². The molecule has 0 unspecified atom stereocenters. The van der Waals surface area contributed by atoms with Gasteiger partial charge in [-0.1, -0.05) is 28.1 Å². The third kappa shape index (κ3) is 3.34. The first-order valence-electron chi connectivity index (χ1n) is 3.98. The van der Waals surface area contributed by atoms with Gasteiger partial charge in [-0.2, -0.15) is 0 Å². The second-order valence-corrected chi connectivity index (χ2v) is 3.50. The van der Waals surface area contributed by atoms with E-state index in [9.17, 15) is 0 Å². The summed E-state index contributed by atoms with van der Waals surface area (Å²) in [5, 5.41) is 3.08. The SMILES string of the molecule is NCNCCc1cccc(Br)c1. The maximum absolute atomic E-state index is 5.30. The van der Waals surface area contributed by atoms with Crippen LogP contribution in [0.3, 0.4) is 0 Å². The standard InChI is InChI=1S/C9H13BrN2/c10-9-3-1-2-8(6-9)4-5-12-7-11/h1-3,6,12H,4-5,7,11H2. The Morgan fingerprint density at radius 3 is 2.92 bits per heavy atom. The summed E-state index contributed by atoms with van der Waals surface area (Å²) in [6.07, 6.45) is 1.02. The number of nitrogens with one attached hydrogen (secondary N) is 1. The van der Waals surface area contributed by atoms with Crippen LogP contribution in [0.25, 0.3) is 0 Å². The van der Waals surface area contributed by atoms with Crippen LogP contribution in [0.2, 0.25) is 0 Å². The maximum Gasteiger partial charge on any atom is 0.0428 e. The molecular weight excluding hydrogens is 216 g/mol. The highest BCUT2D eigenvalue weighted by Crippen LogP contribution is 2.11. The Labute approximate surface area is 81.3 Å². The lowest BCUT2D eigenvalue weighted by molar-refractivity contribution is 0.701. The molecule has 0 aliphatic heterocycles. The molecule has 0 radical (unpaired) electrons. The third-order valence-corrected chi connectivity index (χ3v) is 2.12. The second-order valence-electron chi connectivity index (χ2n) is 2.58. The average molecular weight is 229 g/mol. The van der Waals surface area contributed by atoms with Crippen LogP contribution in [0.1, 0.15) is 5.56 Å². The molecule has 0 amide bonds. The van der Waals surface area contributed by atoms with Crippen LogP contribution in [0.4, 0.5) is 0 Å². The molecule has 2 nitrogen and oxygen atoms in total. The van der Waals surface area contributed by atoms with Crippen LogP contribution in [-0.4, -0.2) is 13.2 Å². The van der Waals surface area contributed by atoms with Gasteiger partial charge in [0.05, 0.1) is 0 Å². The Hall–Kier alpha value is -0.380. The quantitative estimate of drug-likeness (QED) is 0.606. The van der Waals surface area contributed by atoms with Crippen molar-refractivity contribution in [3.63, 3.8) is 0 Å². The van der Waals surface area contributed by atoms with Crippen LogP contribution in [0, 0.1) is 0 Å². The van der Waals surface area contributed by atoms with E-state index < -0.39 is 0 Å². The lowest BCUT2D eigenvalue weighted by Gasteiger charge is -2.01. The first-order valence-corrected chi connectivity index (χ1v) is 4.77. The van der Waals surface area contributed by atoms with Crippen molar-refractivity contribution in [3.05, 3.63) is 34.3 Å². The van der Waals surface area contributed by atoms with E-state index in [4.69, 9.17) is 5.73 Å². The van der Waals surface area contributed by atoms with E-state index in [2.05, 4.69) is 33.4 Å². The van der Waals surface area contributed by atoms with Crippen molar-refractivity contribution in [3.8, 4) is 0 Å². The molecule has 1 rings (SSSR count). The Kier molecular flexibility index (Phi) is 4.29. The first kappa shape index (κ1) is 9.71. The fourth-order valence-electron chi connectivity index (χ4n) is 1.03. The van der Waals surface area contributed by atoms with E-state index in [1.807, 2.05) is 12.1 Å². The molecule has 0 bridgehead atoms. The molecule has 0 saturated heterocycles. The van der Waals surface area contributed by atoms with Gasteiger partial charge in [0.1, 0.15) is 0 Å². The molecule has 1 aromatic rings. The number of hydrogen-bond donors (Lipinski definition) is 2. The van der Waals surface area contributed by atoms with Crippen molar-refractivity contribution in [1.29, 1.82) is 0 Å². The Balaban J connectivity index is 2.41. The molecule has 0 heterocycles. The van der Waals surface area contributed by atoms with E-state index in [1.165, 1.54) is 5.56 Å². The molecule has 0 aromatic heterocycles. The Morgan fingerprint density at radius 2 is 2.25 bits per heavy atom. The molecule has 0 aliphatic rings. The summed E-state index contributed by atoms with van der Waals surface area (Å²) in [5.74, 6) is 0. The zero-order valence-corrected chi connectivity index (χ0v) is 8.47. The van der Waals surface area contributed by atoms with Gasteiger partial charge in [0.15, 0.2) is 0 Å². The average Bonchev–Trinajstić information content (AvgIpc) is 2.05. The fraction of sp³-hybridized carbons (Fsp3) is 0.333. The van der Waals surface area contributed by atoms with Crippen molar-refractivity contribution >= 4 is 15.9 Å². The lowest BCUT2D eigenvalue weighted by atomic mass is 10.1. The molecule has 3 heteroatoms. The Morgan fingerprint density at radius 1 is 1.42 bits per heavy atom. The number of hydrogen-bond acceptors (Lipinski definition) is 2. The summed E-state index contributed by atoms with van der Waals surface area (Å²) in [6.45, 7) is 1.49. The minimum atomic E-state index is 0.550. The summed E-state index contributed by atoms with van der Waals surface area (Å²) < 4.78 is 1.13. The normalized spacial score (nSPS) is 10.2.